The third-order valence-corrected chi connectivity index (χ3v) is 3.83. The van der Waals surface area contributed by atoms with Crippen molar-refractivity contribution in [1.29, 1.82) is 10.5 Å². The standard InChI is InChI=1S/C19H26N6O2/c1-14(2)19(26)27-11-9-7-6-8-10-25(5)18-16(13-21)22-17(24(3)4)15(12-20)23-18/h1,6-11H2,2-5H3. The summed E-state index contributed by atoms with van der Waals surface area (Å²) in [6.45, 7) is 6.23. The van der Waals surface area contributed by atoms with E-state index in [2.05, 4.69) is 22.6 Å². The van der Waals surface area contributed by atoms with Gasteiger partial charge >= 0.3 is 5.97 Å². The highest BCUT2D eigenvalue weighted by Gasteiger charge is 2.17. The number of esters is 1. The Bertz CT molecular complexity index is 761. The minimum atomic E-state index is -0.355. The lowest BCUT2D eigenvalue weighted by Crippen LogP contribution is -2.23. The SMILES string of the molecule is C=C(C)C(=O)OCCCCCCN(C)c1nc(C#N)c(N(C)C)nc1C#N. The van der Waals surface area contributed by atoms with Crippen LogP contribution in [0.5, 0.6) is 0 Å². The maximum atomic E-state index is 11.3. The first-order valence-corrected chi connectivity index (χ1v) is 8.75. The Morgan fingerprint density at radius 2 is 1.59 bits per heavy atom. The van der Waals surface area contributed by atoms with Crippen molar-refractivity contribution in [3.8, 4) is 12.1 Å². The summed E-state index contributed by atoms with van der Waals surface area (Å²) in [6.07, 6.45) is 3.55. The van der Waals surface area contributed by atoms with Gasteiger partial charge in [-0.05, 0) is 26.2 Å². The number of hydrogen-bond donors (Lipinski definition) is 0. The lowest BCUT2D eigenvalue weighted by atomic mass is 10.2. The molecule has 0 spiro atoms. The zero-order valence-electron chi connectivity index (χ0n) is 16.4. The van der Waals surface area contributed by atoms with Crippen LogP contribution < -0.4 is 9.80 Å². The van der Waals surface area contributed by atoms with E-state index >= 15 is 0 Å². The molecule has 0 bridgehead atoms. The Morgan fingerprint density at radius 1 is 1.04 bits per heavy atom. The number of anilines is 2. The molecule has 0 N–H and O–H groups in total. The molecule has 1 aromatic rings. The molecule has 144 valence electrons. The number of hydrogen-bond acceptors (Lipinski definition) is 8. The van der Waals surface area contributed by atoms with Gasteiger partial charge in [-0.3, -0.25) is 0 Å². The van der Waals surface area contributed by atoms with Crippen molar-refractivity contribution in [2.75, 3.05) is 44.1 Å². The molecule has 1 rings (SSSR count). The van der Waals surface area contributed by atoms with Gasteiger partial charge in [0.05, 0.1) is 6.61 Å². The van der Waals surface area contributed by atoms with E-state index in [9.17, 15) is 15.3 Å². The summed E-state index contributed by atoms with van der Waals surface area (Å²) < 4.78 is 5.05. The number of nitrogens with zero attached hydrogens (tertiary/aromatic N) is 6. The molecule has 27 heavy (non-hydrogen) atoms. The summed E-state index contributed by atoms with van der Waals surface area (Å²) >= 11 is 0. The molecule has 0 radical (unpaired) electrons. The average Bonchev–Trinajstić information content (AvgIpc) is 2.65. The van der Waals surface area contributed by atoms with Crippen LogP contribution in [-0.4, -0.2) is 50.2 Å². The first-order chi connectivity index (χ1) is 12.8. The highest BCUT2D eigenvalue weighted by Crippen LogP contribution is 2.21. The first kappa shape index (κ1) is 21.9. The fraction of sp³-hybridized carbons (Fsp3) is 0.526. The molecule has 0 unspecified atom stereocenters. The van der Waals surface area contributed by atoms with Gasteiger partial charge in [-0.2, -0.15) is 10.5 Å². The largest absolute Gasteiger partial charge is 0.462 e. The monoisotopic (exact) mass is 370 g/mol. The van der Waals surface area contributed by atoms with E-state index in [1.165, 1.54) is 0 Å². The van der Waals surface area contributed by atoms with Crippen molar-refractivity contribution in [2.24, 2.45) is 0 Å². The van der Waals surface area contributed by atoms with Crippen molar-refractivity contribution in [2.45, 2.75) is 32.6 Å². The Kier molecular flexibility index (Phi) is 8.74. The number of unbranched alkanes of at least 4 members (excludes halogenated alkanes) is 3. The highest BCUT2D eigenvalue weighted by atomic mass is 16.5. The number of nitriles is 2. The smallest absolute Gasteiger partial charge is 0.333 e. The van der Waals surface area contributed by atoms with Crippen LogP contribution in [0.25, 0.3) is 0 Å². The molecule has 8 heteroatoms. The van der Waals surface area contributed by atoms with E-state index in [-0.39, 0.29) is 17.4 Å². The second kappa shape index (κ2) is 10.8. The molecule has 0 aromatic carbocycles. The third kappa shape index (κ3) is 6.59. The lowest BCUT2D eigenvalue weighted by molar-refractivity contribution is -0.139. The van der Waals surface area contributed by atoms with Crippen LogP contribution in [0.15, 0.2) is 12.2 Å². The number of rotatable bonds is 10. The van der Waals surface area contributed by atoms with Gasteiger partial charge in [0.1, 0.15) is 12.1 Å². The molecule has 0 aliphatic rings. The molecule has 0 fully saturated rings. The van der Waals surface area contributed by atoms with Gasteiger partial charge in [0.25, 0.3) is 0 Å². The molecule has 0 atom stereocenters. The summed E-state index contributed by atoms with van der Waals surface area (Å²) in [4.78, 5) is 23.4. The summed E-state index contributed by atoms with van der Waals surface area (Å²) in [5.74, 6) is 0.442. The summed E-state index contributed by atoms with van der Waals surface area (Å²) in [7, 11) is 5.34. The average molecular weight is 370 g/mol. The quantitative estimate of drug-likeness (QED) is 0.351. The normalized spacial score (nSPS) is 9.85. The van der Waals surface area contributed by atoms with Gasteiger partial charge in [-0.25, -0.2) is 14.8 Å². The zero-order chi connectivity index (χ0) is 20.4. The van der Waals surface area contributed by atoms with Crippen LogP contribution in [0.1, 0.15) is 44.0 Å². The summed E-state index contributed by atoms with van der Waals surface area (Å²) in [5.41, 5.74) is 0.801. The fourth-order valence-electron chi connectivity index (χ4n) is 2.34. The van der Waals surface area contributed by atoms with E-state index < -0.39 is 0 Å². The lowest BCUT2D eigenvalue weighted by Gasteiger charge is -2.21. The van der Waals surface area contributed by atoms with Gasteiger partial charge in [-0.15, -0.1) is 0 Å². The van der Waals surface area contributed by atoms with Gasteiger partial charge < -0.3 is 14.5 Å². The highest BCUT2D eigenvalue weighted by molar-refractivity contribution is 5.86. The molecular weight excluding hydrogens is 344 g/mol. The van der Waals surface area contributed by atoms with Gasteiger partial charge in [0.15, 0.2) is 23.0 Å². The Labute approximate surface area is 160 Å². The van der Waals surface area contributed by atoms with E-state index in [1.807, 2.05) is 18.0 Å². The van der Waals surface area contributed by atoms with Crippen LogP contribution in [0.3, 0.4) is 0 Å². The predicted octanol–water partition coefficient (Wildman–Crippen LogP) is 2.40. The number of carbonyl (C=O) groups is 1. The predicted molar refractivity (Wildman–Crippen MR) is 103 cm³/mol. The minimum absolute atomic E-state index is 0.195. The van der Waals surface area contributed by atoms with Gasteiger partial charge in [0, 0.05) is 33.3 Å². The molecule has 1 heterocycles. The zero-order valence-corrected chi connectivity index (χ0v) is 16.4. The second-order valence-corrected chi connectivity index (χ2v) is 6.44. The molecule has 0 aliphatic carbocycles. The molecule has 1 aromatic heterocycles. The number of aromatic nitrogens is 2. The number of carbonyl (C=O) groups excluding carboxylic acids is 1. The van der Waals surface area contributed by atoms with E-state index in [1.54, 1.807) is 25.9 Å². The van der Waals surface area contributed by atoms with Gasteiger partial charge in [0.2, 0.25) is 0 Å². The first-order valence-electron chi connectivity index (χ1n) is 8.75. The minimum Gasteiger partial charge on any atom is -0.462 e. The van der Waals surface area contributed by atoms with Crippen LogP contribution in [0.4, 0.5) is 11.6 Å². The van der Waals surface area contributed by atoms with Crippen LogP contribution in [-0.2, 0) is 9.53 Å². The molecule has 0 aliphatic heterocycles. The molecule has 0 saturated carbocycles. The maximum Gasteiger partial charge on any atom is 0.333 e. The van der Waals surface area contributed by atoms with Crippen LogP contribution in [0, 0.1) is 22.7 Å². The van der Waals surface area contributed by atoms with Crippen LogP contribution in [0.2, 0.25) is 0 Å². The van der Waals surface area contributed by atoms with Crippen molar-refractivity contribution >= 4 is 17.6 Å². The third-order valence-electron chi connectivity index (χ3n) is 3.83. The van der Waals surface area contributed by atoms with Crippen molar-refractivity contribution in [3.63, 3.8) is 0 Å². The molecule has 8 nitrogen and oxygen atoms in total. The fourth-order valence-corrected chi connectivity index (χ4v) is 2.34. The van der Waals surface area contributed by atoms with Crippen LogP contribution >= 0.6 is 0 Å². The molecular formula is C19H26N6O2. The Hall–Kier alpha value is -3.13. The Morgan fingerprint density at radius 3 is 2.15 bits per heavy atom. The summed E-state index contributed by atoms with van der Waals surface area (Å²) in [5, 5.41) is 18.6. The van der Waals surface area contributed by atoms with E-state index in [4.69, 9.17) is 4.74 Å². The number of ether oxygens (including phenoxy) is 1. The van der Waals surface area contributed by atoms with Crippen molar-refractivity contribution in [1.82, 2.24) is 9.97 Å². The maximum absolute atomic E-state index is 11.3. The second-order valence-electron chi connectivity index (χ2n) is 6.44. The van der Waals surface area contributed by atoms with E-state index in [0.29, 0.717) is 30.4 Å². The molecule has 0 amide bonds. The topological polar surface area (TPSA) is 106 Å². The molecule has 0 saturated heterocycles. The summed E-state index contributed by atoms with van der Waals surface area (Å²) in [6, 6.07) is 4.09. The van der Waals surface area contributed by atoms with Crippen molar-refractivity contribution < 1.29 is 9.53 Å². The van der Waals surface area contributed by atoms with E-state index in [0.717, 1.165) is 25.7 Å². The van der Waals surface area contributed by atoms with Gasteiger partial charge in [-0.1, -0.05) is 13.0 Å². The van der Waals surface area contributed by atoms with Crippen molar-refractivity contribution in [3.05, 3.63) is 23.5 Å². The Balaban J connectivity index is 2.54.